The monoisotopic (exact) mass is 419 g/mol. The highest BCUT2D eigenvalue weighted by atomic mass is 16.4. The van der Waals surface area contributed by atoms with Crippen LogP contribution in [0, 0.1) is 0 Å². The van der Waals surface area contributed by atoms with Gasteiger partial charge in [0.15, 0.2) is 0 Å². The molecule has 0 fully saturated rings. The van der Waals surface area contributed by atoms with Gasteiger partial charge in [0.1, 0.15) is 18.1 Å². The normalized spacial score (nSPS) is 14.8. The molecule has 0 saturated heterocycles. The maximum Gasteiger partial charge on any atom is 0.325 e. The van der Waals surface area contributed by atoms with Crippen LogP contribution in [0.5, 0.6) is 0 Å². The minimum absolute atomic E-state index is 0.277. The number of aliphatic hydroxyl groups is 1. The highest BCUT2D eigenvalue weighted by molar-refractivity contribution is 5.95. The SMILES string of the molecule is CC(NC(=O)C(CO)NC(=O)C(CC(=O)O)NC(=O)C(N)CCCCN)C(=O)O. The molecule has 0 radical (unpaired) electrons. The van der Waals surface area contributed by atoms with Crippen LogP contribution < -0.4 is 27.4 Å². The van der Waals surface area contributed by atoms with E-state index in [0.717, 1.165) is 0 Å². The lowest BCUT2D eigenvalue weighted by atomic mass is 10.1. The number of carboxylic acid groups (broad SMARTS) is 2. The predicted octanol–water partition coefficient (Wildman–Crippen LogP) is -3.53. The number of hydrogen-bond donors (Lipinski definition) is 8. The Hall–Kier alpha value is -2.77. The zero-order valence-corrected chi connectivity index (χ0v) is 16.1. The molecule has 0 heterocycles. The number of carbonyl (C=O) groups is 5. The summed E-state index contributed by atoms with van der Waals surface area (Å²) in [6, 6.07) is -5.37. The van der Waals surface area contributed by atoms with E-state index in [0.29, 0.717) is 19.4 Å². The molecule has 0 aliphatic rings. The van der Waals surface area contributed by atoms with E-state index in [2.05, 4.69) is 16.0 Å². The number of rotatable bonds is 14. The average Bonchev–Trinajstić information content (AvgIpc) is 2.64. The Balaban J connectivity index is 5.04. The molecular formula is C16H29N5O8. The third-order valence-corrected chi connectivity index (χ3v) is 3.86. The van der Waals surface area contributed by atoms with Gasteiger partial charge in [-0.1, -0.05) is 6.42 Å². The molecule has 0 saturated carbocycles. The van der Waals surface area contributed by atoms with E-state index >= 15 is 0 Å². The van der Waals surface area contributed by atoms with Crippen molar-refractivity contribution in [3.8, 4) is 0 Å². The molecule has 0 aromatic carbocycles. The minimum atomic E-state index is -1.56. The maximum absolute atomic E-state index is 12.3. The number of aliphatic hydroxyl groups excluding tert-OH is 1. The second-order valence-electron chi connectivity index (χ2n) is 6.36. The van der Waals surface area contributed by atoms with E-state index in [9.17, 15) is 29.1 Å². The largest absolute Gasteiger partial charge is 0.481 e. The predicted molar refractivity (Wildman–Crippen MR) is 99.3 cm³/mol. The standard InChI is InChI=1S/C16H29N5O8/c1-8(16(28)29)19-15(27)11(7-22)21-14(26)10(6-12(23)24)20-13(25)9(18)4-2-3-5-17/h8-11,22H,2-7,17-18H2,1H3,(H,19,27)(H,20,25)(H,21,26)(H,23,24)(H,28,29). The van der Waals surface area contributed by atoms with Crippen LogP contribution in [0.1, 0.15) is 32.6 Å². The van der Waals surface area contributed by atoms with Gasteiger partial charge in [0.2, 0.25) is 17.7 Å². The van der Waals surface area contributed by atoms with E-state index in [1.807, 2.05) is 0 Å². The van der Waals surface area contributed by atoms with Gasteiger partial charge in [-0.05, 0) is 26.3 Å². The molecule has 0 spiro atoms. The Kier molecular flexibility index (Phi) is 12.1. The van der Waals surface area contributed by atoms with Crippen molar-refractivity contribution in [3.05, 3.63) is 0 Å². The Morgan fingerprint density at radius 1 is 0.897 bits per heavy atom. The van der Waals surface area contributed by atoms with Gasteiger partial charge in [-0.3, -0.25) is 24.0 Å². The molecule has 3 amide bonds. The molecule has 4 atom stereocenters. The molecule has 29 heavy (non-hydrogen) atoms. The van der Waals surface area contributed by atoms with Crippen molar-refractivity contribution in [2.45, 2.75) is 56.8 Å². The van der Waals surface area contributed by atoms with Gasteiger partial charge in [-0.25, -0.2) is 0 Å². The highest BCUT2D eigenvalue weighted by Gasteiger charge is 2.30. The molecule has 0 rings (SSSR count). The lowest BCUT2D eigenvalue weighted by Gasteiger charge is -2.23. The van der Waals surface area contributed by atoms with E-state index in [1.54, 1.807) is 0 Å². The third-order valence-electron chi connectivity index (χ3n) is 3.86. The second kappa shape index (κ2) is 13.4. The number of aliphatic carboxylic acids is 2. The van der Waals surface area contributed by atoms with Crippen molar-refractivity contribution >= 4 is 29.7 Å². The van der Waals surface area contributed by atoms with Crippen molar-refractivity contribution in [1.82, 2.24) is 16.0 Å². The second-order valence-corrected chi connectivity index (χ2v) is 6.36. The van der Waals surface area contributed by atoms with Crippen LogP contribution in [-0.2, 0) is 24.0 Å². The van der Waals surface area contributed by atoms with Crippen molar-refractivity contribution in [2.75, 3.05) is 13.2 Å². The van der Waals surface area contributed by atoms with Gasteiger partial charge in [-0.15, -0.1) is 0 Å². The van der Waals surface area contributed by atoms with Crippen molar-refractivity contribution < 1.29 is 39.3 Å². The average molecular weight is 419 g/mol. The fourth-order valence-corrected chi connectivity index (χ4v) is 2.14. The molecule has 4 unspecified atom stereocenters. The maximum atomic E-state index is 12.3. The topological polar surface area (TPSA) is 234 Å². The van der Waals surface area contributed by atoms with Gasteiger partial charge >= 0.3 is 11.9 Å². The fraction of sp³-hybridized carbons (Fsp3) is 0.688. The molecule has 166 valence electrons. The summed E-state index contributed by atoms with van der Waals surface area (Å²) in [5, 5.41) is 33.4. The molecular weight excluding hydrogens is 390 g/mol. The zero-order valence-electron chi connectivity index (χ0n) is 16.1. The first-order valence-electron chi connectivity index (χ1n) is 8.95. The number of nitrogens with one attached hydrogen (secondary N) is 3. The number of nitrogens with two attached hydrogens (primary N) is 2. The molecule has 13 nitrogen and oxygen atoms in total. The van der Waals surface area contributed by atoms with E-state index < -0.39 is 66.9 Å². The van der Waals surface area contributed by atoms with E-state index in [4.69, 9.17) is 21.7 Å². The molecule has 0 aliphatic heterocycles. The van der Waals surface area contributed by atoms with E-state index in [-0.39, 0.29) is 6.42 Å². The Labute approximate surface area is 167 Å². The van der Waals surface area contributed by atoms with Gasteiger partial charge < -0.3 is 42.7 Å². The number of unbranched alkanes of at least 4 members (excludes halogenated alkanes) is 1. The molecule has 13 heteroatoms. The Morgan fingerprint density at radius 3 is 1.93 bits per heavy atom. The van der Waals surface area contributed by atoms with Gasteiger partial charge in [0.25, 0.3) is 0 Å². The van der Waals surface area contributed by atoms with E-state index in [1.165, 1.54) is 6.92 Å². The van der Waals surface area contributed by atoms with Crippen LogP contribution in [0.25, 0.3) is 0 Å². The summed E-state index contributed by atoms with van der Waals surface area (Å²) in [5.74, 6) is -5.53. The van der Waals surface area contributed by atoms with Crippen LogP contribution in [0.2, 0.25) is 0 Å². The van der Waals surface area contributed by atoms with Gasteiger partial charge in [0.05, 0.1) is 19.1 Å². The first-order chi connectivity index (χ1) is 13.5. The minimum Gasteiger partial charge on any atom is -0.481 e. The van der Waals surface area contributed by atoms with Crippen LogP contribution in [0.3, 0.4) is 0 Å². The summed E-state index contributed by atoms with van der Waals surface area (Å²) in [7, 11) is 0. The third kappa shape index (κ3) is 10.4. The lowest BCUT2D eigenvalue weighted by Crippen LogP contribution is -2.58. The van der Waals surface area contributed by atoms with Crippen molar-refractivity contribution in [3.63, 3.8) is 0 Å². The van der Waals surface area contributed by atoms with Crippen molar-refractivity contribution in [2.24, 2.45) is 11.5 Å². The molecule has 0 aromatic heterocycles. The number of amides is 3. The molecule has 10 N–H and O–H groups in total. The molecule has 0 bridgehead atoms. The smallest absolute Gasteiger partial charge is 0.325 e. The summed E-state index contributed by atoms with van der Waals surface area (Å²) in [6.07, 6.45) is 0.690. The zero-order chi connectivity index (χ0) is 22.6. The number of hydrogen-bond acceptors (Lipinski definition) is 8. The van der Waals surface area contributed by atoms with Gasteiger partial charge in [0, 0.05) is 0 Å². The summed E-state index contributed by atoms with van der Waals surface area (Å²) >= 11 is 0. The number of carboxylic acids is 2. The summed E-state index contributed by atoms with van der Waals surface area (Å²) in [6.45, 7) is 0.718. The first kappa shape index (κ1) is 26.2. The summed E-state index contributed by atoms with van der Waals surface area (Å²) in [4.78, 5) is 58.2. The molecule has 0 aliphatic carbocycles. The Bertz CT molecular complexity index is 600. The first-order valence-corrected chi connectivity index (χ1v) is 8.95. The Morgan fingerprint density at radius 2 is 1.45 bits per heavy atom. The van der Waals surface area contributed by atoms with Crippen LogP contribution in [0.4, 0.5) is 0 Å². The fourth-order valence-electron chi connectivity index (χ4n) is 2.14. The molecule has 0 aromatic rings. The summed E-state index contributed by atoms with van der Waals surface area (Å²) < 4.78 is 0. The van der Waals surface area contributed by atoms with Crippen LogP contribution >= 0.6 is 0 Å². The number of carbonyl (C=O) groups excluding carboxylic acids is 3. The van der Waals surface area contributed by atoms with Crippen LogP contribution in [-0.4, -0.2) is 82.3 Å². The summed E-state index contributed by atoms with van der Waals surface area (Å²) in [5.41, 5.74) is 11.1. The quantitative estimate of drug-likeness (QED) is 0.129. The van der Waals surface area contributed by atoms with Crippen molar-refractivity contribution in [1.29, 1.82) is 0 Å². The highest BCUT2D eigenvalue weighted by Crippen LogP contribution is 2.01. The van der Waals surface area contributed by atoms with Gasteiger partial charge in [-0.2, -0.15) is 0 Å². The van der Waals surface area contributed by atoms with Crippen LogP contribution in [0.15, 0.2) is 0 Å². The lowest BCUT2D eigenvalue weighted by molar-refractivity contribution is -0.143.